The number of nitrogens with zero attached hydrogens (tertiary/aromatic N) is 5. The van der Waals surface area contributed by atoms with Crippen molar-refractivity contribution in [1.82, 2.24) is 20.1 Å². The van der Waals surface area contributed by atoms with E-state index >= 15 is 0 Å². The molecule has 3 aliphatic rings. The quantitative estimate of drug-likeness (QED) is 0.195. The third-order valence-electron chi connectivity index (χ3n) is 7.62. The number of thiazole rings is 1. The van der Waals surface area contributed by atoms with E-state index in [9.17, 15) is 29.7 Å². The smallest absolute Gasteiger partial charge is 0.253 e. The van der Waals surface area contributed by atoms with E-state index in [1.807, 2.05) is 24.3 Å². The molecular formula is C26H32ClN7O7S. The Balaban J connectivity index is 1.54. The number of alkyl halides is 1. The van der Waals surface area contributed by atoms with E-state index in [2.05, 4.69) is 20.6 Å². The molecule has 5 rings (SSSR count). The molecule has 3 aliphatic heterocycles. The number of aliphatic hydroxyl groups is 3. The number of hydrogen-bond acceptors (Lipinski definition) is 13. The van der Waals surface area contributed by atoms with Crippen molar-refractivity contribution in [2.24, 2.45) is 9.98 Å². The van der Waals surface area contributed by atoms with Gasteiger partial charge in [0.1, 0.15) is 24.1 Å². The molecule has 1 amide bonds. The number of benzene rings is 1. The highest BCUT2D eigenvalue weighted by atomic mass is 35.5. The number of anilines is 1. The van der Waals surface area contributed by atoms with Crippen molar-refractivity contribution >= 4 is 67.9 Å². The van der Waals surface area contributed by atoms with Crippen molar-refractivity contribution in [2.75, 3.05) is 18.5 Å². The molecule has 2 aromatic rings. The van der Waals surface area contributed by atoms with Crippen molar-refractivity contribution in [3.63, 3.8) is 0 Å². The number of halogens is 1. The molecule has 1 aromatic carbocycles. The maximum Gasteiger partial charge on any atom is 0.253 e. The SMILES string of the molecule is CC(=O)N1C2N([C@@H]3O[C@H](CO)C(O)C3O)C=NC2(C(C)=O)C(=N[C@H](C)CNc2nc3ccccc3s2)NC1(Cl)C(C)=O. The molecule has 0 spiro atoms. The first-order valence-corrected chi connectivity index (χ1v) is 14.5. The highest BCUT2D eigenvalue weighted by Crippen LogP contribution is 2.43. The van der Waals surface area contributed by atoms with Crippen LogP contribution >= 0.6 is 22.9 Å². The lowest BCUT2D eigenvalue weighted by molar-refractivity contribution is -0.162. The molecule has 2 fully saturated rings. The topological polar surface area (TPSA) is 189 Å². The third-order valence-corrected chi connectivity index (χ3v) is 9.15. The fourth-order valence-electron chi connectivity index (χ4n) is 5.48. The van der Waals surface area contributed by atoms with Crippen LogP contribution in [-0.2, 0) is 19.1 Å². The van der Waals surface area contributed by atoms with Crippen LogP contribution < -0.4 is 10.6 Å². The van der Waals surface area contributed by atoms with Gasteiger partial charge in [0.25, 0.3) is 5.12 Å². The molecule has 4 heterocycles. The van der Waals surface area contributed by atoms with E-state index in [-0.39, 0.29) is 12.4 Å². The molecule has 226 valence electrons. The number of rotatable bonds is 8. The summed E-state index contributed by atoms with van der Waals surface area (Å²) in [5.74, 6) is -1.96. The highest BCUT2D eigenvalue weighted by Gasteiger charge is 2.68. The van der Waals surface area contributed by atoms with Gasteiger partial charge in [0.2, 0.25) is 11.4 Å². The number of amides is 1. The minimum absolute atomic E-state index is 0.0632. The first-order valence-electron chi connectivity index (χ1n) is 13.3. The second-order valence-corrected chi connectivity index (χ2v) is 12.1. The molecular weight excluding hydrogens is 590 g/mol. The van der Waals surface area contributed by atoms with Crippen LogP contribution in [0.2, 0.25) is 0 Å². The van der Waals surface area contributed by atoms with E-state index in [1.54, 1.807) is 6.92 Å². The Bertz CT molecular complexity index is 1440. The van der Waals surface area contributed by atoms with Gasteiger partial charge in [-0.3, -0.25) is 24.3 Å². The number of amidine groups is 1. The monoisotopic (exact) mass is 621 g/mol. The Labute approximate surface area is 250 Å². The largest absolute Gasteiger partial charge is 0.394 e. The lowest BCUT2D eigenvalue weighted by Crippen LogP contribution is -2.81. The molecule has 8 atom stereocenters. The van der Waals surface area contributed by atoms with Crippen LogP contribution in [0.5, 0.6) is 0 Å². The minimum Gasteiger partial charge on any atom is -0.394 e. The molecule has 5 unspecified atom stereocenters. The summed E-state index contributed by atoms with van der Waals surface area (Å²) in [5, 5.41) is 35.4. The number of para-hydroxylation sites is 1. The van der Waals surface area contributed by atoms with E-state index in [1.165, 1.54) is 43.3 Å². The van der Waals surface area contributed by atoms with Crippen LogP contribution in [0, 0.1) is 0 Å². The van der Waals surface area contributed by atoms with Gasteiger partial charge in [0, 0.05) is 20.4 Å². The van der Waals surface area contributed by atoms with Crippen LogP contribution in [0.3, 0.4) is 0 Å². The predicted molar refractivity (Wildman–Crippen MR) is 155 cm³/mol. The maximum atomic E-state index is 13.5. The first kappa shape index (κ1) is 30.3. The standard InChI is InChI=1S/C26H32ClN7O7S/c1-12(9-28-24-31-16-7-5-6-8-18(16)42-24)30-22-25(13(2)36)23(34(15(4)38)26(27,32-22)14(3)37)33(11-29-25)21-20(40)19(39)17(10-35)41-21/h5-8,11-12,17,19-21,23,35,39-40H,9-10H2,1-4H3,(H,28,31)(H,30,32)/t12-,17-,19?,20?,21-,23?,25?,26?/m1/s1. The molecule has 2 saturated heterocycles. The predicted octanol–water partition coefficient (Wildman–Crippen LogP) is -0.135. The molecule has 5 N–H and O–H groups in total. The summed E-state index contributed by atoms with van der Waals surface area (Å²) in [7, 11) is 0. The van der Waals surface area contributed by atoms with E-state index in [0.717, 1.165) is 15.1 Å². The zero-order valence-corrected chi connectivity index (χ0v) is 24.8. The Morgan fingerprint density at radius 1 is 1.21 bits per heavy atom. The van der Waals surface area contributed by atoms with E-state index in [0.29, 0.717) is 5.13 Å². The lowest BCUT2D eigenvalue weighted by Gasteiger charge is -2.54. The van der Waals surface area contributed by atoms with Gasteiger partial charge in [-0.2, -0.15) is 0 Å². The molecule has 16 heteroatoms. The average molecular weight is 622 g/mol. The molecule has 0 saturated carbocycles. The zero-order valence-electron chi connectivity index (χ0n) is 23.3. The van der Waals surface area contributed by atoms with E-state index < -0.39 is 71.5 Å². The fourth-order valence-corrected chi connectivity index (χ4v) is 6.66. The fraction of sp³-hybridized carbons (Fsp3) is 0.538. The first-order chi connectivity index (χ1) is 19.8. The Morgan fingerprint density at radius 3 is 2.52 bits per heavy atom. The van der Waals surface area contributed by atoms with Crippen LogP contribution in [0.4, 0.5) is 5.13 Å². The van der Waals surface area contributed by atoms with E-state index in [4.69, 9.17) is 21.3 Å². The minimum atomic E-state index is -2.18. The number of aromatic nitrogens is 1. The Hall–Kier alpha value is -3.21. The number of nitrogens with one attached hydrogen (secondary N) is 2. The molecule has 0 radical (unpaired) electrons. The van der Waals surface area contributed by atoms with Crippen molar-refractivity contribution in [1.29, 1.82) is 0 Å². The van der Waals surface area contributed by atoms with Crippen molar-refractivity contribution in [2.45, 2.75) is 75.1 Å². The van der Waals surface area contributed by atoms with Gasteiger partial charge in [-0.15, -0.1) is 0 Å². The number of ketones is 2. The Kier molecular flexibility index (Phi) is 8.02. The molecule has 14 nitrogen and oxygen atoms in total. The summed E-state index contributed by atoms with van der Waals surface area (Å²) in [6.45, 7) is 5.09. The van der Waals surface area contributed by atoms with Gasteiger partial charge in [0.15, 0.2) is 29.1 Å². The number of hydrogen-bond donors (Lipinski definition) is 5. The number of aliphatic hydroxyl groups excluding tert-OH is 3. The number of carbonyl (C=O) groups excluding carboxylic acids is 3. The summed E-state index contributed by atoms with van der Waals surface area (Å²) < 4.78 is 6.72. The van der Waals surface area contributed by atoms with Crippen LogP contribution in [0.15, 0.2) is 34.3 Å². The van der Waals surface area contributed by atoms with Crippen molar-refractivity contribution < 1.29 is 34.4 Å². The molecule has 1 aromatic heterocycles. The van der Waals surface area contributed by atoms with Crippen LogP contribution in [0.1, 0.15) is 27.7 Å². The normalized spacial score (nSPS) is 34.0. The van der Waals surface area contributed by atoms with Gasteiger partial charge < -0.3 is 35.6 Å². The lowest BCUT2D eigenvalue weighted by atomic mass is 9.85. The average Bonchev–Trinajstić information content (AvgIpc) is 3.61. The summed E-state index contributed by atoms with van der Waals surface area (Å²) in [5.41, 5.74) is -1.05. The summed E-state index contributed by atoms with van der Waals surface area (Å²) in [4.78, 5) is 55.6. The number of Topliss-reactive ketones (excluding diaryl/α,β-unsaturated/α-hetero) is 2. The van der Waals surface area contributed by atoms with Crippen molar-refractivity contribution in [3.05, 3.63) is 24.3 Å². The summed E-state index contributed by atoms with van der Waals surface area (Å²) in [6, 6.07) is 7.18. The molecule has 0 bridgehead atoms. The molecule has 42 heavy (non-hydrogen) atoms. The highest BCUT2D eigenvalue weighted by molar-refractivity contribution is 7.22. The third kappa shape index (κ3) is 4.73. The maximum absolute atomic E-state index is 13.5. The van der Waals surface area contributed by atoms with Crippen LogP contribution in [-0.4, -0.2) is 120 Å². The van der Waals surface area contributed by atoms with Gasteiger partial charge >= 0.3 is 0 Å². The van der Waals surface area contributed by atoms with Crippen molar-refractivity contribution in [3.8, 4) is 0 Å². The molecule has 0 aliphatic carbocycles. The zero-order chi connectivity index (χ0) is 30.6. The van der Waals surface area contributed by atoms with Gasteiger partial charge in [0.05, 0.1) is 29.2 Å². The number of aliphatic imine (C=N–C) groups is 2. The summed E-state index contributed by atoms with van der Waals surface area (Å²) in [6.07, 6.45) is -5.73. The Morgan fingerprint density at radius 2 is 1.93 bits per heavy atom. The number of carbonyl (C=O) groups is 3. The van der Waals surface area contributed by atoms with Gasteiger partial charge in [-0.25, -0.2) is 9.98 Å². The van der Waals surface area contributed by atoms with Crippen LogP contribution in [0.25, 0.3) is 10.2 Å². The number of fused-ring (bicyclic) bond motifs is 2. The summed E-state index contributed by atoms with van der Waals surface area (Å²) >= 11 is 8.32. The van der Waals surface area contributed by atoms with Gasteiger partial charge in [-0.05, 0) is 26.0 Å². The van der Waals surface area contributed by atoms with Gasteiger partial charge in [-0.1, -0.05) is 35.1 Å². The second kappa shape index (κ2) is 11.1. The number of ether oxygens (including phenoxy) is 1. The second-order valence-electron chi connectivity index (χ2n) is 10.5.